The van der Waals surface area contributed by atoms with Crippen LogP contribution in [0.3, 0.4) is 0 Å². The lowest BCUT2D eigenvalue weighted by molar-refractivity contribution is 0.0696. The Labute approximate surface area is 79.4 Å². The van der Waals surface area contributed by atoms with Crippen LogP contribution in [0.5, 0.6) is 0 Å². The van der Waals surface area contributed by atoms with Gasteiger partial charge in [0.15, 0.2) is 0 Å². The molecule has 0 aromatic heterocycles. The van der Waals surface area contributed by atoms with Crippen molar-refractivity contribution < 1.29 is 18.7 Å². The molecule has 0 aliphatic rings. The molecule has 0 fully saturated rings. The number of halogens is 2. The molecule has 0 aliphatic heterocycles. The number of nitrogens with one attached hydrogen (secondary N) is 1. The van der Waals surface area contributed by atoms with E-state index in [1.54, 1.807) is 0 Å². The SMILES string of the molecule is CNc1cc(C(=O)O)ccc1C(F)F. The first kappa shape index (κ1) is 10.4. The lowest BCUT2D eigenvalue weighted by Gasteiger charge is -2.08. The Bertz CT molecular complexity index is 353. The van der Waals surface area contributed by atoms with E-state index in [2.05, 4.69) is 5.32 Å². The van der Waals surface area contributed by atoms with Gasteiger partial charge in [-0.15, -0.1) is 0 Å². The summed E-state index contributed by atoms with van der Waals surface area (Å²) in [5.41, 5.74) is -0.0730. The minimum Gasteiger partial charge on any atom is -0.478 e. The average Bonchev–Trinajstić information content (AvgIpc) is 2.16. The fraction of sp³-hybridized carbons (Fsp3) is 0.222. The normalized spacial score (nSPS) is 10.3. The number of carbonyl (C=O) groups is 1. The molecule has 0 radical (unpaired) electrons. The van der Waals surface area contributed by atoms with Crippen LogP contribution in [-0.2, 0) is 0 Å². The van der Waals surface area contributed by atoms with E-state index in [0.717, 1.165) is 12.1 Å². The first-order chi connectivity index (χ1) is 6.56. The summed E-state index contributed by atoms with van der Waals surface area (Å²) in [6, 6.07) is 3.45. The molecule has 0 saturated carbocycles. The smallest absolute Gasteiger partial charge is 0.335 e. The fourth-order valence-electron chi connectivity index (χ4n) is 1.10. The molecule has 1 aromatic rings. The summed E-state index contributed by atoms with van der Waals surface area (Å²) in [6.45, 7) is 0. The Morgan fingerprint density at radius 1 is 1.50 bits per heavy atom. The van der Waals surface area contributed by atoms with Gasteiger partial charge in [0.05, 0.1) is 5.56 Å². The topological polar surface area (TPSA) is 49.3 Å². The molecule has 0 spiro atoms. The van der Waals surface area contributed by atoms with Gasteiger partial charge in [-0.05, 0) is 12.1 Å². The number of carboxylic acid groups (broad SMARTS) is 1. The van der Waals surface area contributed by atoms with Gasteiger partial charge < -0.3 is 10.4 Å². The van der Waals surface area contributed by atoms with Crippen LogP contribution in [0.25, 0.3) is 0 Å². The van der Waals surface area contributed by atoms with Crippen LogP contribution in [0.2, 0.25) is 0 Å². The molecule has 3 nitrogen and oxygen atoms in total. The summed E-state index contributed by atoms with van der Waals surface area (Å²) >= 11 is 0. The molecule has 0 atom stereocenters. The molecular weight excluding hydrogens is 192 g/mol. The molecule has 0 saturated heterocycles. The molecule has 76 valence electrons. The molecule has 0 amide bonds. The van der Waals surface area contributed by atoms with Crippen molar-refractivity contribution >= 4 is 11.7 Å². The molecule has 1 rings (SSSR count). The molecule has 0 aliphatic carbocycles. The highest BCUT2D eigenvalue weighted by Gasteiger charge is 2.14. The molecule has 0 heterocycles. The van der Waals surface area contributed by atoms with E-state index in [0.29, 0.717) is 0 Å². The first-order valence-corrected chi connectivity index (χ1v) is 3.89. The van der Waals surface area contributed by atoms with Crippen molar-refractivity contribution in [3.8, 4) is 0 Å². The minimum atomic E-state index is -2.61. The summed E-state index contributed by atoms with van der Waals surface area (Å²) in [5.74, 6) is -1.14. The molecule has 5 heteroatoms. The minimum absolute atomic E-state index is 0.0150. The highest BCUT2D eigenvalue weighted by Crippen LogP contribution is 2.27. The first-order valence-electron chi connectivity index (χ1n) is 3.89. The van der Waals surface area contributed by atoms with Crippen LogP contribution in [0, 0.1) is 0 Å². The number of aromatic carboxylic acids is 1. The van der Waals surface area contributed by atoms with E-state index >= 15 is 0 Å². The van der Waals surface area contributed by atoms with E-state index in [1.165, 1.54) is 13.1 Å². The van der Waals surface area contributed by atoms with Crippen molar-refractivity contribution in [3.05, 3.63) is 29.3 Å². The summed E-state index contributed by atoms with van der Waals surface area (Å²) in [4.78, 5) is 10.5. The molecule has 0 bridgehead atoms. The Kier molecular flexibility index (Phi) is 3.01. The number of carboxylic acids is 1. The van der Waals surface area contributed by atoms with Crippen LogP contribution in [0.1, 0.15) is 22.3 Å². The monoisotopic (exact) mass is 201 g/mol. The van der Waals surface area contributed by atoms with Gasteiger partial charge >= 0.3 is 5.97 Å². The lowest BCUT2D eigenvalue weighted by Crippen LogP contribution is -2.01. The van der Waals surface area contributed by atoms with Crippen molar-refractivity contribution in [3.63, 3.8) is 0 Å². The van der Waals surface area contributed by atoms with Gasteiger partial charge in [-0.25, -0.2) is 13.6 Å². The lowest BCUT2D eigenvalue weighted by atomic mass is 10.1. The zero-order valence-electron chi connectivity index (χ0n) is 7.42. The van der Waals surface area contributed by atoms with Gasteiger partial charge in [-0.2, -0.15) is 0 Å². The molecule has 14 heavy (non-hydrogen) atoms. The van der Waals surface area contributed by atoms with Gasteiger partial charge in [-0.3, -0.25) is 0 Å². The molecule has 0 unspecified atom stereocenters. The fourth-order valence-corrected chi connectivity index (χ4v) is 1.10. The van der Waals surface area contributed by atoms with Crippen LogP contribution in [0.4, 0.5) is 14.5 Å². The third-order valence-electron chi connectivity index (χ3n) is 1.80. The molecular formula is C9H9F2NO2. The summed E-state index contributed by atoms with van der Waals surface area (Å²) in [6.07, 6.45) is -2.61. The largest absolute Gasteiger partial charge is 0.478 e. The number of rotatable bonds is 3. The van der Waals surface area contributed by atoms with Crippen LogP contribution >= 0.6 is 0 Å². The zero-order valence-corrected chi connectivity index (χ0v) is 7.42. The summed E-state index contributed by atoms with van der Waals surface area (Å²) < 4.78 is 24.7. The van der Waals surface area contributed by atoms with Gasteiger partial charge in [0.1, 0.15) is 0 Å². The number of hydrogen-bond acceptors (Lipinski definition) is 2. The van der Waals surface area contributed by atoms with Crippen molar-refractivity contribution in [1.29, 1.82) is 0 Å². The Morgan fingerprint density at radius 2 is 2.14 bits per heavy atom. The predicted molar refractivity (Wildman–Crippen MR) is 47.9 cm³/mol. The van der Waals surface area contributed by atoms with E-state index in [-0.39, 0.29) is 16.8 Å². The average molecular weight is 201 g/mol. The van der Waals surface area contributed by atoms with Crippen LogP contribution < -0.4 is 5.32 Å². The van der Waals surface area contributed by atoms with Gasteiger partial charge in [-0.1, -0.05) is 6.07 Å². The van der Waals surface area contributed by atoms with E-state index in [9.17, 15) is 13.6 Å². The molecule has 2 N–H and O–H groups in total. The van der Waals surface area contributed by atoms with Crippen molar-refractivity contribution in [2.45, 2.75) is 6.43 Å². The van der Waals surface area contributed by atoms with Crippen LogP contribution in [-0.4, -0.2) is 18.1 Å². The second kappa shape index (κ2) is 4.04. The number of hydrogen-bond donors (Lipinski definition) is 2. The van der Waals surface area contributed by atoms with E-state index in [4.69, 9.17) is 5.11 Å². The highest BCUT2D eigenvalue weighted by atomic mass is 19.3. The third-order valence-corrected chi connectivity index (χ3v) is 1.80. The molecule has 1 aromatic carbocycles. The van der Waals surface area contributed by atoms with Gasteiger partial charge in [0, 0.05) is 18.3 Å². The van der Waals surface area contributed by atoms with Crippen molar-refractivity contribution in [1.82, 2.24) is 0 Å². The zero-order chi connectivity index (χ0) is 10.7. The second-order valence-electron chi connectivity index (χ2n) is 2.66. The third kappa shape index (κ3) is 1.99. The predicted octanol–water partition coefficient (Wildman–Crippen LogP) is 2.36. The maximum absolute atomic E-state index is 12.4. The number of benzene rings is 1. The van der Waals surface area contributed by atoms with Gasteiger partial charge in [0.2, 0.25) is 0 Å². The number of anilines is 1. The Morgan fingerprint density at radius 3 is 2.57 bits per heavy atom. The van der Waals surface area contributed by atoms with Crippen LogP contribution in [0.15, 0.2) is 18.2 Å². The standard InChI is InChI=1S/C9H9F2NO2/c1-12-7-4-5(9(13)14)2-3-6(7)8(10)11/h2-4,8,12H,1H3,(H,13,14). The highest BCUT2D eigenvalue weighted by molar-refractivity contribution is 5.89. The Hall–Kier alpha value is -1.65. The maximum Gasteiger partial charge on any atom is 0.335 e. The van der Waals surface area contributed by atoms with E-state index < -0.39 is 12.4 Å². The van der Waals surface area contributed by atoms with Gasteiger partial charge in [0.25, 0.3) is 6.43 Å². The second-order valence-corrected chi connectivity index (χ2v) is 2.66. The van der Waals surface area contributed by atoms with Crippen molar-refractivity contribution in [2.75, 3.05) is 12.4 Å². The quantitative estimate of drug-likeness (QED) is 0.789. The van der Waals surface area contributed by atoms with Crippen molar-refractivity contribution in [2.24, 2.45) is 0 Å². The summed E-state index contributed by atoms with van der Waals surface area (Å²) in [5, 5.41) is 11.1. The Balaban J connectivity index is 3.18. The maximum atomic E-state index is 12.4. The van der Waals surface area contributed by atoms with E-state index in [1.807, 2.05) is 0 Å². The number of alkyl halides is 2. The summed E-state index contributed by atoms with van der Waals surface area (Å²) in [7, 11) is 1.47.